The number of carbonyl (C=O) groups excluding carboxylic acids is 1. The SMILES string of the molecule is CN(CC(=O)O)C(=O)CCCOc1ccc(Cl)cc1Cl. The molecule has 0 aliphatic rings. The molecule has 7 heteroatoms. The van der Waals surface area contributed by atoms with E-state index in [1.807, 2.05) is 0 Å². The molecule has 0 saturated heterocycles. The Kier molecular flexibility index (Phi) is 6.61. The standard InChI is InChI=1S/C13H15Cl2NO4/c1-16(8-13(18)19)12(17)3-2-6-20-11-5-4-9(14)7-10(11)15/h4-5,7H,2-3,6,8H2,1H3,(H,18,19). The molecule has 1 amide bonds. The van der Waals surface area contributed by atoms with Crippen LogP contribution in [0.15, 0.2) is 18.2 Å². The fourth-order valence-electron chi connectivity index (χ4n) is 1.48. The first kappa shape index (κ1) is 16.6. The molecule has 0 aromatic heterocycles. The number of likely N-dealkylation sites (N-methyl/N-ethyl adjacent to an activating group) is 1. The average Bonchev–Trinajstić information content (AvgIpc) is 2.35. The monoisotopic (exact) mass is 319 g/mol. The predicted octanol–water partition coefficient (Wildman–Crippen LogP) is 2.70. The van der Waals surface area contributed by atoms with Gasteiger partial charge in [0, 0.05) is 18.5 Å². The first-order valence-corrected chi connectivity index (χ1v) is 6.69. The normalized spacial score (nSPS) is 10.2. The van der Waals surface area contributed by atoms with Gasteiger partial charge in [-0.05, 0) is 24.6 Å². The number of benzene rings is 1. The van der Waals surface area contributed by atoms with Gasteiger partial charge in [0.15, 0.2) is 0 Å². The first-order valence-electron chi connectivity index (χ1n) is 5.93. The van der Waals surface area contributed by atoms with Crippen molar-refractivity contribution in [1.29, 1.82) is 0 Å². The summed E-state index contributed by atoms with van der Waals surface area (Å²) in [6.07, 6.45) is 0.691. The van der Waals surface area contributed by atoms with Crippen LogP contribution in [-0.2, 0) is 9.59 Å². The number of amides is 1. The minimum atomic E-state index is -1.04. The number of carboxylic acids is 1. The second-order valence-corrected chi connectivity index (χ2v) is 5.01. The molecule has 110 valence electrons. The van der Waals surface area contributed by atoms with Gasteiger partial charge in [0.1, 0.15) is 12.3 Å². The Morgan fingerprint density at radius 2 is 2.05 bits per heavy atom. The Balaban J connectivity index is 2.31. The Morgan fingerprint density at radius 3 is 2.65 bits per heavy atom. The number of hydrogen-bond donors (Lipinski definition) is 1. The second kappa shape index (κ2) is 7.97. The lowest BCUT2D eigenvalue weighted by atomic mass is 10.3. The molecule has 1 N–H and O–H groups in total. The van der Waals surface area contributed by atoms with Crippen LogP contribution in [-0.4, -0.2) is 42.1 Å². The summed E-state index contributed by atoms with van der Waals surface area (Å²) in [5.74, 6) is -0.773. The van der Waals surface area contributed by atoms with Crippen molar-refractivity contribution in [2.24, 2.45) is 0 Å². The highest BCUT2D eigenvalue weighted by Crippen LogP contribution is 2.27. The minimum absolute atomic E-state index is 0.217. The average molecular weight is 320 g/mol. The van der Waals surface area contributed by atoms with Crippen LogP contribution in [0.25, 0.3) is 0 Å². The maximum atomic E-state index is 11.6. The molecule has 0 heterocycles. The smallest absolute Gasteiger partial charge is 0.323 e. The number of nitrogens with zero attached hydrogens (tertiary/aromatic N) is 1. The van der Waals surface area contributed by atoms with Crippen LogP contribution in [0.5, 0.6) is 5.75 Å². The summed E-state index contributed by atoms with van der Waals surface area (Å²) in [7, 11) is 1.45. The van der Waals surface area contributed by atoms with Gasteiger partial charge in [0.25, 0.3) is 0 Å². The zero-order chi connectivity index (χ0) is 15.1. The van der Waals surface area contributed by atoms with Crippen LogP contribution < -0.4 is 4.74 Å². The molecule has 1 rings (SSSR count). The fraction of sp³-hybridized carbons (Fsp3) is 0.385. The topological polar surface area (TPSA) is 66.8 Å². The number of carbonyl (C=O) groups is 2. The molecular weight excluding hydrogens is 305 g/mol. The van der Waals surface area contributed by atoms with Gasteiger partial charge in [-0.1, -0.05) is 23.2 Å². The number of hydrogen-bond acceptors (Lipinski definition) is 3. The fourth-order valence-corrected chi connectivity index (χ4v) is 1.94. The van der Waals surface area contributed by atoms with E-state index in [1.165, 1.54) is 7.05 Å². The molecule has 0 atom stereocenters. The molecule has 0 radical (unpaired) electrons. The van der Waals surface area contributed by atoms with E-state index in [4.69, 9.17) is 33.0 Å². The molecule has 1 aromatic carbocycles. The van der Waals surface area contributed by atoms with Gasteiger partial charge in [-0.2, -0.15) is 0 Å². The molecule has 0 aliphatic heterocycles. The summed E-state index contributed by atoms with van der Waals surface area (Å²) in [6, 6.07) is 4.89. The second-order valence-electron chi connectivity index (χ2n) is 4.17. The van der Waals surface area contributed by atoms with E-state index < -0.39 is 5.97 Å². The molecule has 0 spiro atoms. The van der Waals surface area contributed by atoms with E-state index in [2.05, 4.69) is 0 Å². The van der Waals surface area contributed by atoms with Crippen molar-refractivity contribution in [2.45, 2.75) is 12.8 Å². The minimum Gasteiger partial charge on any atom is -0.492 e. The highest BCUT2D eigenvalue weighted by molar-refractivity contribution is 6.35. The molecular formula is C13H15Cl2NO4. The Morgan fingerprint density at radius 1 is 1.35 bits per heavy atom. The lowest BCUT2D eigenvalue weighted by Crippen LogP contribution is -2.31. The lowest BCUT2D eigenvalue weighted by Gasteiger charge is -2.14. The van der Waals surface area contributed by atoms with Gasteiger partial charge in [-0.3, -0.25) is 9.59 Å². The summed E-state index contributed by atoms with van der Waals surface area (Å²) in [6.45, 7) is 0.0106. The van der Waals surface area contributed by atoms with Crippen molar-refractivity contribution in [2.75, 3.05) is 20.2 Å². The third kappa shape index (κ3) is 5.67. The van der Waals surface area contributed by atoms with Crippen molar-refractivity contribution in [3.05, 3.63) is 28.2 Å². The third-order valence-corrected chi connectivity index (χ3v) is 3.02. The quantitative estimate of drug-likeness (QED) is 0.785. The van der Waals surface area contributed by atoms with E-state index >= 15 is 0 Å². The number of rotatable bonds is 7. The van der Waals surface area contributed by atoms with E-state index in [0.29, 0.717) is 28.8 Å². The van der Waals surface area contributed by atoms with Crippen molar-refractivity contribution in [3.8, 4) is 5.75 Å². The molecule has 0 aliphatic carbocycles. The van der Waals surface area contributed by atoms with Gasteiger partial charge in [0.05, 0.1) is 11.6 Å². The number of halogens is 2. The van der Waals surface area contributed by atoms with Gasteiger partial charge in [-0.15, -0.1) is 0 Å². The van der Waals surface area contributed by atoms with Crippen molar-refractivity contribution in [1.82, 2.24) is 4.90 Å². The van der Waals surface area contributed by atoms with E-state index in [-0.39, 0.29) is 18.9 Å². The molecule has 0 fully saturated rings. The van der Waals surface area contributed by atoms with E-state index in [0.717, 1.165) is 4.90 Å². The molecule has 0 unspecified atom stereocenters. The maximum Gasteiger partial charge on any atom is 0.323 e. The molecule has 0 saturated carbocycles. The van der Waals surface area contributed by atoms with Crippen LogP contribution in [0, 0.1) is 0 Å². The molecule has 20 heavy (non-hydrogen) atoms. The predicted molar refractivity (Wildman–Crippen MR) is 76.5 cm³/mol. The van der Waals surface area contributed by atoms with Gasteiger partial charge < -0.3 is 14.7 Å². The Labute approximate surface area is 127 Å². The summed E-state index contributed by atoms with van der Waals surface area (Å²) in [5, 5.41) is 9.49. The zero-order valence-corrected chi connectivity index (χ0v) is 12.4. The Hall–Kier alpha value is -1.46. The van der Waals surface area contributed by atoms with E-state index in [1.54, 1.807) is 18.2 Å². The van der Waals surface area contributed by atoms with Crippen molar-refractivity contribution in [3.63, 3.8) is 0 Å². The number of aliphatic carboxylic acids is 1. The van der Waals surface area contributed by atoms with Crippen LogP contribution in [0.3, 0.4) is 0 Å². The summed E-state index contributed by atoms with van der Waals surface area (Å²) < 4.78 is 5.43. The summed E-state index contributed by atoms with van der Waals surface area (Å²) in [4.78, 5) is 23.2. The number of carboxylic acid groups (broad SMARTS) is 1. The van der Waals surface area contributed by atoms with Crippen molar-refractivity contribution < 1.29 is 19.4 Å². The molecule has 0 bridgehead atoms. The number of ether oxygens (including phenoxy) is 1. The van der Waals surface area contributed by atoms with E-state index in [9.17, 15) is 9.59 Å². The van der Waals surface area contributed by atoms with Crippen LogP contribution >= 0.6 is 23.2 Å². The highest BCUT2D eigenvalue weighted by Gasteiger charge is 2.11. The van der Waals surface area contributed by atoms with Gasteiger partial charge in [0.2, 0.25) is 5.91 Å². The first-order chi connectivity index (χ1) is 9.40. The zero-order valence-electron chi connectivity index (χ0n) is 10.9. The highest BCUT2D eigenvalue weighted by atomic mass is 35.5. The third-order valence-electron chi connectivity index (χ3n) is 2.48. The summed E-state index contributed by atoms with van der Waals surface area (Å²) in [5.41, 5.74) is 0. The van der Waals surface area contributed by atoms with Crippen LogP contribution in [0.4, 0.5) is 0 Å². The van der Waals surface area contributed by atoms with Gasteiger partial charge in [-0.25, -0.2) is 0 Å². The van der Waals surface area contributed by atoms with Crippen LogP contribution in [0.2, 0.25) is 10.0 Å². The Bertz CT molecular complexity index is 493. The van der Waals surface area contributed by atoms with Gasteiger partial charge >= 0.3 is 5.97 Å². The summed E-state index contributed by atoms with van der Waals surface area (Å²) >= 11 is 11.7. The largest absolute Gasteiger partial charge is 0.492 e. The lowest BCUT2D eigenvalue weighted by molar-refractivity contribution is -0.143. The molecule has 1 aromatic rings. The molecule has 5 nitrogen and oxygen atoms in total. The van der Waals surface area contributed by atoms with Crippen LogP contribution in [0.1, 0.15) is 12.8 Å². The maximum absolute atomic E-state index is 11.6. The van der Waals surface area contributed by atoms with Crippen molar-refractivity contribution >= 4 is 35.1 Å².